The lowest BCUT2D eigenvalue weighted by Gasteiger charge is -2.16. The van der Waals surface area contributed by atoms with Crippen molar-refractivity contribution >= 4 is 31.9 Å². The average Bonchev–Trinajstić information content (AvgIpc) is 2.36. The Bertz CT molecular complexity index is 644. The Hall–Kier alpha value is -0.910. The third-order valence-corrected chi connectivity index (χ3v) is 4.01. The van der Waals surface area contributed by atoms with Gasteiger partial charge in [0.15, 0.2) is 0 Å². The van der Waals surface area contributed by atoms with Crippen LogP contribution in [0.4, 0.5) is 4.39 Å². The van der Waals surface area contributed by atoms with Crippen LogP contribution in [0.3, 0.4) is 0 Å². The van der Waals surface area contributed by atoms with Gasteiger partial charge in [0.2, 0.25) is 0 Å². The molecule has 0 aliphatic carbocycles. The minimum atomic E-state index is -0.311. The molecule has 2 aromatic rings. The molecule has 0 saturated heterocycles. The molecular weight excluding hydrogens is 389 g/mol. The van der Waals surface area contributed by atoms with E-state index in [2.05, 4.69) is 31.9 Å². The highest BCUT2D eigenvalue weighted by molar-refractivity contribution is 9.11. The average molecular weight is 403 g/mol. The molecule has 2 aromatic carbocycles. The van der Waals surface area contributed by atoms with E-state index in [1.54, 1.807) is 19.9 Å². The van der Waals surface area contributed by atoms with E-state index in [9.17, 15) is 4.39 Å². The zero-order valence-corrected chi connectivity index (χ0v) is 14.3. The number of ether oxygens (including phenoxy) is 1. The second kappa shape index (κ2) is 6.24. The van der Waals surface area contributed by atoms with E-state index in [0.29, 0.717) is 22.6 Å². The largest absolute Gasteiger partial charge is 0.456 e. The lowest BCUT2D eigenvalue weighted by atomic mass is 10.1. The van der Waals surface area contributed by atoms with E-state index in [1.165, 1.54) is 6.07 Å². The fraction of sp³-hybridized carbons (Fsp3) is 0.200. The maximum absolute atomic E-state index is 13.7. The van der Waals surface area contributed by atoms with Gasteiger partial charge in [0.05, 0.1) is 4.47 Å². The van der Waals surface area contributed by atoms with Crippen LogP contribution in [0, 0.1) is 12.7 Å². The summed E-state index contributed by atoms with van der Waals surface area (Å²) in [6, 6.07) is 8.39. The van der Waals surface area contributed by atoms with Crippen molar-refractivity contribution < 1.29 is 9.13 Å². The number of aryl methyl sites for hydroxylation is 1. The summed E-state index contributed by atoms with van der Waals surface area (Å²) >= 11 is 6.82. The summed E-state index contributed by atoms with van der Waals surface area (Å²) in [5.41, 5.74) is 7.05. The van der Waals surface area contributed by atoms with Crippen LogP contribution in [0.2, 0.25) is 0 Å². The van der Waals surface area contributed by atoms with Gasteiger partial charge < -0.3 is 10.5 Å². The van der Waals surface area contributed by atoms with Crippen molar-refractivity contribution in [3.63, 3.8) is 0 Å². The first kappa shape index (κ1) is 15.5. The minimum Gasteiger partial charge on any atom is -0.456 e. The molecule has 2 N–H and O–H groups in total. The van der Waals surface area contributed by atoms with Crippen molar-refractivity contribution in [1.82, 2.24) is 0 Å². The summed E-state index contributed by atoms with van der Waals surface area (Å²) in [6.45, 7) is 3.50. The number of hydrogen-bond donors (Lipinski definition) is 1. The molecule has 20 heavy (non-hydrogen) atoms. The predicted molar refractivity (Wildman–Crippen MR) is 85.7 cm³/mol. The van der Waals surface area contributed by atoms with Gasteiger partial charge in [0.25, 0.3) is 0 Å². The normalized spacial score (nSPS) is 12.3. The quantitative estimate of drug-likeness (QED) is 0.738. The number of halogens is 3. The summed E-state index contributed by atoms with van der Waals surface area (Å²) in [7, 11) is 0. The maximum Gasteiger partial charge on any atom is 0.141 e. The molecule has 2 rings (SSSR count). The third kappa shape index (κ3) is 3.40. The monoisotopic (exact) mass is 401 g/mol. The molecule has 0 aliphatic rings. The van der Waals surface area contributed by atoms with E-state index in [0.717, 1.165) is 8.95 Å². The molecule has 2 nitrogen and oxygen atoms in total. The van der Waals surface area contributed by atoms with Gasteiger partial charge in [-0.1, -0.05) is 15.9 Å². The van der Waals surface area contributed by atoms with Crippen molar-refractivity contribution in [1.29, 1.82) is 0 Å². The van der Waals surface area contributed by atoms with E-state index in [4.69, 9.17) is 10.5 Å². The number of benzene rings is 2. The lowest BCUT2D eigenvalue weighted by molar-refractivity contribution is 0.465. The fourth-order valence-electron chi connectivity index (χ4n) is 1.79. The van der Waals surface area contributed by atoms with Crippen molar-refractivity contribution in [2.45, 2.75) is 19.9 Å². The van der Waals surface area contributed by atoms with Gasteiger partial charge in [-0.05, 0) is 65.7 Å². The molecule has 0 spiro atoms. The molecule has 0 amide bonds. The highest BCUT2D eigenvalue weighted by Crippen LogP contribution is 2.35. The van der Waals surface area contributed by atoms with E-state index < -0.39 is 0 Å². The zero-order valence-electron chi connectivity index (χ0n) is 11.1. The second-order valence-corrected chi connectivity index (χ2v) is 6.37. The van der Waals surface area contributed by atoms with E-state index >= 15 is 0 Å². The van der Waals surface area contributed by atoms with Gasteiger partial charge in [0, 0.05) is 16.1 Å². The van der Waals surface area contributed by atoms with Crippen LogP contribution < -0.4 is 10.5 Å². The summed E-state index contributed by atoms with van der Waals surface area (Å²) in [5.74, 6) is 0.947. The first-order chi connectivity index (χ1) is 9.38. The Kier molecular flexibility index (Phi) is 4.83. The Morgan fingerprint density at radius 2 is 1.85 bits per heavy atom. The van der Waals surface area contributed by atoms with E-state index in [-0.39, 0.29) is 11.9 Å². The van der Waals surface area contributed by atoms with Gasteiger partial charge in [-0.2, -0.15) is 0 Å². The van der Waals surface area contributed by atoms with Crippen molar-refractivity contribution in [3.05, 3.63) is 56.2 Å². The lowest BCUT2D eigenvalue weighted by Crippen LogP contribution is -2.08. The predicted octanol–water partition coefficient (Wildman–Crippen LogP) is 5.47. The van der Waals surface area contributed by atoms with Crippen LogP contribution in [0.25, 0.3) is 0 Å². The summed E-state index contributed by atoms with van der Waals surface area (Å²) in [6.07, 6.45) is 0. The molecule has 0 aromatic heterocycles. The Labute approximate surface area is 134 Å². The van der Waals surface area contributed by atoms with Crippen molar-refractivity contribution in [2.75, 3.05) is 0 Å². The number of rotatable bonds is 3. The second-order valence-electron chi connectivity index (χ2n) is 4.60. The molecular formula is C15H14Br2FNO. The number of nitrogens with two attached hydrogens (primary N) is 1. The van der Waals surface area contributed by atoms with Crippen LogP contribution in [-0.2, 0) is 0 Å². The fourth-order valence-corrected chi connectivity index (χ4v) is 2.92. The van der Waals surface area contributed by atoms with Crippen molar-refractivity contribution in [2.24, 2.45) is 5.73 Å². The van der Waals surface area contributed by atoms with Gasteiger partial charge in [-0.15, -0.1) is 0 Å². The molecule has 0 radical (unpaired) electrons. The first-order valence-corrected chi connectivity index (χ1v) is 7.65. The molecule has 5 heteroatoms. The summed E-state index contributed by atoms with van der Waals surface area (Å²) in [4.78, 5) is 0. The summed E-state index contributed by atoms with van der Waals surface area (Å²) in [5, 5.41) is 0. The van der Waals surface area contributed by atoms with Crippen LogP contribution in [0.1, 0.15) is 24.1 Å². The highest BCUT2D eigenvalue weighted by atomic mass is 79.9. The van der Waals surface area contributed by atoms with Gasteiger partial charge in [0.1, 0.15) is 17.3 Å². The molecule has 0 heterocycles. The Morgan fingerprint density at radius 3 is 2.45 bits per heavy atom. The molecule has 0 bridgehead atoms. The zero-order chi connectivity index (χ0) is 14.9. The van der Waals surface area contributed by atoms with Gasteiger partial charge in [-0.25, -0.2) is 4.39 Å². The molecule has 106 valence electrons. The molecule has 0 fully saturated rings. The SMILES string of the molecule is Cc1cc(Oc2ccc(Br)cc2Br)c(C(C)N)cc1F. The topological polar surface area (TPSA) is 35.2 Å². The van der Waals surface area contributed by atoms with Crippen LogP contribution >= 0.6 is 31.9 Å². The number of hydrogen-bond acceptors (Lipinski definition) is 2. The van der Waals surface area contributed by atoms with Crippen LogP contribution in [-0.4, -0.2) is 0 Å². The van der Waals surface area contributed by atoms with Crippen LogP contribution in [0.5, 0.6) is 11.5 Å². The molecule has 0 aliphatic heterocycles. The van der Waals surface area contributed by atoms with Gasteiger partial charge in [-0.3, -0.25) is 0 Å². The highest BCUT2D eigenvalue weighted by Gasteiger charge is 2.14. The standard InChI is InChI=1S/C15H14Br2FNO/c1-8-5-15(11(9(2)19)7-13(8)18)20-14-4-3-10(16)6-12(14)17/h3-7,9H,19H2,1-2H3. The Morgan fingerprint density at radius 1 is 1.15 bits per heavy atom. The smallest absolute Gasteiger partial charge is 0.141 e. The summed E-state index contributed by atoms with van der Waals surface area (Å²) < 4.78 is 21.3. The first-order valence-electron chi connectivity index (χ1n) is 6.07. The van der Waals surface area contributed by atoms with E-state index in [1.807, 2.05) is 18.2 Å². The van der Waals surface area contributed by atoms with Crippen molar-refractivity contribution in [3.8, 4) is 11.5 Å². The maximum atomic E-state index is 13.7. The minimum absolute atomic E-state index is 0.278. The molecule has 1 unspecified atom stereocenters. The third-order valence-electron chi connectivity index (χ3n) is 2.90. The van der Waals surface area contributed by atoms with Gasteiger partial charge >= 0.3 is 0 Å². The molecule has 1 atom stereocenters. The molecule has 0 saturated carbocycles. The van der Waals surface area contributed by atoms with Crippen LogP contribution in [0.15, 0.2) is 39.3 Å². The Balaban J connectivity index is 2.44.